The number of fused-ring (bicyclic) bond motifs is 1. The number of benzene rings is 1. The molecule has 0 bridgehead atoms. The van der Waals surface area contributed by atoms with E-state index in [1.807, 2.05) is 12.1 Å². The summed E-state index contributed by atoms with van der Waals surface area (Å²) >= 11 is 5.26. The van der Waals surface area contributed by atoms with Crippen molar-refractivity contribution in [3.05, 3.63) is 34.2 Å². The first kappa shape index (κ1) is 9.34. The second-order valence-corrected chi connectivity index (χ2v) is 3.73. The van der Waals surface area contributed by atoms with Crippen LogP contribution in [0.15, 0.2) is 18.2 Å². The number of nitrogens with zero attached hydrogens (tertiary/aromatic N) is 1. The van der Waals surface area contributed by atoms with Crippen LogP contribution in [-0.4, -0.2) is 9.97 Å². The third-order valence-electron chi connectivity index (χ3n) is 2.34. The van der Waals surface area contributed by atoms with Crippen LogP contribution in [0.5, 0.6) is 0 Å². The molecule has 0 aliphatic rings. The highest BCUT2D eigenvalue weighted by molar-refractivity contribution is 7.71. The van der Waals surface area contributed by atoms with Crippen molar-refractivity contribution in [1.82, 2.24) is 9.97 Å². The Labute approximate surface area is 88.0 Å². The molecule has 0 fully saturated rings. The minimum Gasteiger partial charge on any atom is -0.343 e. The maximum absolute atomic E-state index is 5.26. The molecule has 1 heterocycles. The lowest BCUT2D eigenvalue weighted by atomic mass is 10.1. The molecule has 0 saturated carbocycles. The molecule has 0 aliphatic carbocycles. The van der Waals surface area contributed by atoms with Crippen LogP contribution >= 0.6 is 12.2 Å². The Kier molecular flexibility index (Phi) is 2.33. The molecule has 0 radical (unpaired) electrons. The molecule has 1 N–H and O–H groups in total. The minimum absolute atomic E-state index is 0.702. The quantitative estimate of drug-likeness (QED) is 0.723. The number of H-pyrrole nitrogens is 1. The molecule has 0 unspecified atom stereocenters. The van der Waals surface area contributed by atoms with Gasteiger partial charge in [-0.3, -0.25) is 0 Å². The Morgan fingerprint density at radius 2 is 2.21 bits per heavy atom. The zero-order chi connectivity index (χ0) is 10.1. The molecule has 0 spiro atoms. The average Bonchev–Trinajstić information content (AvgIpc) is 2.17. The molecule has 1 aromatic carbocycles. The third kappa shape index (κ3) is 1.44. The van der Waals surface area contributed by atoms with E-state index in [2.05, 4.69) is 29.9 Å². The van der Waals surface area contributed by atoms with Gasteiger partial charge in [0, 0.05) is 17.3 Å². The number of hydrogen-bond donors (Lipinski definition) is 1. The van der Waals surface area contributed by atoms with Gasteiger partial charge in [0.2, 0.25) is 0 Å². The van der Waals surface area contributed by atoms with Gasteiger partial charge in [-0.25, -0.2) is 4.98 Å². The minimum atomic E-state index is 0.702. The van der Waals surface area contributed by atoms with Gasteiger partial charge in [-0.05, 0) is 18.6 Å². The number of rotatable bonds is 1. The van der Waals surface area contributed by atoms with E-state index in [-0.39, 0.29) is 0 Å². The first-order chi connectivity index (χ1) is 6.72. The topological polar surface area (TPSA) is 28.7 Å². The summed E-state index contributed by atoms with van der Waals surface area (Å²) < 4.78 is 0.702. The smallest absolute Gasteiger partial charge is 0.137 e. The Hall–Kier alpha value is -1.22. The lowest BCUT2D eigenvalue weighted by Gasteiger charge is -2.04. The zero-order valence-electron chi connectivity index (χ0n) is 8.29. The molecule has 0 aliphatic heterocycles. The second kappa shape index (κ2) is 3.50. The van der Waals surface area contributed by atoms with Crippen LogP contribution in [-0.2, 0) is 6.42 Å². The molecule has 1 aromatic heterocycles. The van der Waals surface area contributed by atoms with Gasteiger partial charge in [0.1, 0.15) is 10.5 Å². The predicted molar refractivity (Wildman–Crippen MR) is 61.0 cm³/mol. The van der Waals surface area contributed by atoms with Gasteiger partial charge in [-0.1, -0.05) is 31.3 Å². The second-order valence-electron chi connectivity index (χ2n) is 3.34. The number of nitrogens with one attached hydrogen (secondary N) is 1. The number of aromatic amines is 1. The fourth-order valence-corrected chi connectivity index (χ4v) is 1.97. The van der Waals surface area contributed by atoms with Crippen LogP contribution < -0.4 is 0 Å². The summed E-state index contributed by atoms with van der Waals surface area (Å²) in [5.41, 5.74) is 2.26. The van der Waals surface area contributed by atoms with Crippen LogP contribution in [0, 0.1) is 11.6 Å². The molecule has 3 heteroatoms. The monoisotopic (exact) mass is 204 g/mol. The number of aryl methyl sites for hydroxylation is 2. The summed E-state index contributed by atoms with van der Waals surface area (Å²) in [6.07, 6.45) is 0.882. The summed E-state index contributed by atoms with van der Waals surface area (Å²) in [6.45, 7) is 4.12. The van der Waals surface area contributed by atoms with Gasteiger partial charge in [-0.15, -0.1) is 0 Å². The van der Waals surface area contributed by atoms with Gasteiger partial charge in [0.15, 0.2) is 0 Å². The van der Waals surface area contributed by atoms with Crippen molar-refractivity contribution in [2.45, 2.75) is 20.3 Å². The summed E-state index contributed by atoms with van der Waals surface area (Å²) in [6, 6.07) is 6.13. The van der Waals surface area contributed by atoms with Crippen molar-refractivity contribution in [3.63, 3.8) is 0 Å². The van der Waals surface area contributed by atoms with E-state index in [4.69, 9.17) is 12.2 Å². The van der Waals surface area contributed by atoms with E-state index in [9.17, 15) is 0 Å². The van der Waals surface area contributed by atoms with E-state index >= 15 is 0 Å². The van der Waals surface area contributed by atoms with Crippen molar-refractivity contribution >= 4 is 23.1 Å². The van der Waals surface area contributed by atoms with Crippen LogP contribution in [0.3, 0.4) is 0 Å². The van der Waals surface area contributed by atoms with Crippen LogP contribution in [0.1, 0.15) is 18.3 Å². The normalized spacial score (nSPS) is 10.7. The molecule has 14 heavy (non-hydrogen) atoms. The Morgan fingerprint density at radius 1 is 1.43 bits per heavy atom. The number of aromatic nitrogens is 2. The number of hydrogen-bond acceptors (Lipinski definition) is 2. The summed E-state index contributed by atoms with van der Waals surface area (Å²) in [4.78, 5) is 7.62. The van der Waals surface area contributed by atoms with Crippen molar-refractivity contribution in [1.29, 1.82) is 0 Å². The standard InChI is InChI=1S/C11H12N2S/c1-3-9-12-8-6-4-5-7(2)10(8)11(14)13-9/h4-6H,3H2,1-2H3,(H,12,13,14). The van der Waals surface area contributed by atoms with E-state index in [1.54, 1.807) is 0 Å². The fourth-order valence-electron chi connectivity index (χ4n) is 1.59. The largest absolute Gasteiger partial charge is 0.343 e. The fraction of sp³-hybridized carbons (Fsp3) is 0.273. The van der Waals surface area contributed by atoms with Gasteiger partial charge in [-0.2, -0.15) is 0 Å². The summed E-state index contributed by atoms with van der Waals surface area (Å²) in [5, 5.41) is 1.07. The molecule has 2 rings (SSSR count). The molecular weight excluding hydrogens is 192 g/mol. The lowest BCUT2D eigenvalue weighted by Crippen LogP contribution is -1.95. The molecule has 2 aromatic rings. The third-order valence-corrected chi connectivity index (χ3v) is 2.63. The summed E-state index contributed by atoms with van der Waals surface area (Å²) in [5.74, 6) is 0.952. The molecular formula is C11H12N2S. The highest BCUT2D eigenvalue weighted by Gasteiger charge is 2.01. The predicted octanol–water partition coefficient (Wildman–Crippen LogP) is 3.16. The maximum Gasteiger partial charge on any atom is 0.137 e. The van der Waals surface area contributed by atoms with Crippen molar-refractivity contribution in [2.24, 2.45) is 0 Å². The van der Waals surface area contributed by atoms with E-state index in [0.717, 1.165) is 23.1 Å². The van der Waals surface area contributed by atoms with E-state index in [1.165, 1.54) is 5.56 Å². The molecule has 0 atom stereocenters. The average molecular weight is 204 g/mol. The van der Waals surface area contributed by atoms with Crippen molar-refractivity contribution in [3.8, 4) is 0 Å². The first-order valence-corrected chi connectivity index (χ1v) is 5.11. The molecule has 0 amide bonds. The van der Waals surface area contributed by atoms with E-state index < -0.39 is 0 Å². The summed E-state index contributed by atoms with van der Waals surface area (Å²) in [7, 11) is 0. The maximum atomic E-state index is 5.26. The zero-order valence-corrected chi connectivity index (χ0v) is 9.11. The van der Waals surface area contributed by atoms with Crippen molar-refractivity contribution in [2.75, 3.05) is 0 Å². The Morgan fingerprint density at radius 3 is 2.93 bits per heavy atom. The van der Waals surface area contributed by atoms with Crippen LogP contribution in [0.2, 0.25) is 0 Å². The molecule has 72 valence electrons. The van der Waals surface area contributed by atoms with Crippen LogP contribution in [0.25, 0.3) is 10.9 Å². The Balaban J connectivity index is 2.90. The van der Waals surface area contributed by atoms with Gasteiger partial charge < -0.3 is 4.98 Å². The Bertz CT molecular complexity index is 528. The van der Waals surface area contributed by atoms with Gasteiger partial charge in [0.05, 0.1) is 0 Å². The van der Waals surface area contributed by atoms with Crippen LogP contribution in [0.4, 0.5) is 0 Å². The van der Waals surface area contributed by atoms with Crippen molar-refractivity contribution < 1.29 is 0 Å². The highest BCUT2D eigenvalue weighted by Crippen LogP contribution is 2.16. The SMILES string of the molecule is CCc1nc(=S)c2c(C)cccc2[nH]1. The van der Waals surface area contributed by atoms with Gasteiger partial charge in [0.25, 0.3) is 0 Å². The first-order valence-electron chi connectivity index (χ1n) is 4.71. The van der Waals surface area contributed by atoms with E-state index in [0.29, 0.717) is 4.64 Å². The molecule has 2 nitrogen and oxygen atoms in total. The highest BCUT2D eigenvalue weighted by atomic mass is 32.1. The molecule has 0 saturated heterocycles. The van der Waals surface area contributed by atoms with Gasteiger partial charge >= 0.3 is 0 Å². The lowest BCUT2D eigenvalue weighted by molar-refractivity contribution is 0.954.